The van der Waals surface area contributed by atoms with Crippen LogP contribution in [0.5, 0.6) is 5.75 Å². The fourth-order valence-electron chi connectivity index (χ4n) is 3.51. The summed E-state index contributed by atoms with van der Waals surface area (Å²) in [7, 11) is 1.59. The maximum atomic E-state index is 12.7. The van der Waals surface area contributed by atoms with Crippen LogP contribution in [0.15, 0.2) is 49.3 Å². The maximum absolute atomic E-state index is 12.7. The Morgan fingerprint density at radius 3 is 2.64 bits per heavy atom. The van der Waals surface area contributed by atoms with Gasteiger partial charge in [0.05, 0.1) is 18.6 Å². The number of carbonyl (C=O) groups is 2. The monoisotopic (exact) mass is 417 g/mol. The fourth-order valence-corrected chi connectivity index (χ4v) is 3.95. The molecule has 0 saturated heterocycles. The molecule has 0 spiro atoms. The average Bonchev–Trinajstić information content (AvgIpc) is 3.11. The van der Waals surface area contributed by atoms with Gasteiger partial charge in [0.15, 0.2) is 17.4 Å². The summed E-state index contributed by atoms with van der Waals surface area (Å²) in [6.07, 6.45) is 3.79. The molecule has 4 rings (SSSR count). The van der Waals surface area contributed by atoms with Crippen LogP contribution in [-0.4, -0.2) is 48.2 Å². The van der Waals surface area contributed by atoms with Crippen LogP contribution in [0.2, 0.25) is 0 Å². The molecule has 3 aliphatic rings. The van der Waals surface area contributed by atoms with Crippen LogP contribution in [-0.2, 0) is 9.59 Å². The second-order valence-electron chi connectivity index (χ2n) is 7.13. The molecule has 1 aromatic rings. The Balaban J connectivity index is 0.00000225. The Hall–Kier alpha value is -2.25. The third-order valence-electron chi connectivity index (χ3n) is 5.06. The molecule has 1 aromatic carbocycles. The predicted molar refractivity (Wildman–Crippen MR) is 114 cm³/mol. The number of allylic oxidation sites excluding steroid dienone is 2. The summed E-state index contributed by atoms with van der Waals surface area (Å²) in [5.74, 6) is 0.363. The number of aliphatic imine (C=N–C) groups is 3. The molecular formula is C20H20ClN3O3S. The molecule has 146 valence electrons. The molecule has 1 aliphatic carbocycles. The van der Waals surface area contributed by atoms with E-state index in [-0.39, 0.29) is 30.4 Å². The van der Waals surface area contributed by atoms with Gasteiger partial charge in [-0.05, 0) is 38.3 Å². The van der Waals surface area contributed by atoms with Crippen molar-refractivity contribution in [2.45, 2.75) is 30.7 Å². The number of nitrogens with zero attached hydrogens (tertiary/aromatic N) is 3. The van der Waals surface area contributed by atoms with Crippen LogP contribution in [0.25, 0.3) is 0 Å². The lowest BCUT2D eigenvalue weighted by Gasteiger charge is -2.32. The highest BCUT2D eigenvalue weighted by Crippen LogP contribution is 2.37. The highest BCUT2D eigenvalue weighted by Gasteiger charge is 2.45. The number of halogens is 1. The molecule has 1 unspecified atom stereocenters. The van der Waals surface area contributed by atoms with Crippen molar-refractivity contribution in [3.8, 4) is 5.75 Å². The normalized spacial score (nSPS) is 22.2. The summed E-state index contributed by atoms with van der Waals surface area (Å²) >= 11 is 1.60. The van der Waals surface area contributed by atoms with E-state index in [4.69, 9.17) is 4.74 Å². The smallest absolute Gasteiger partial charge is 0.184 e. The number of rotatable bonds is 3. The zero-order valence-corrected chi connectivity index (χ0v) is 17.6. The number of benzene rings is 1. The zero-order valence-electron chi connectivity index (χ0n) is 16.0. The predicted octanol–water partition coefficient (Wildman–Crippen LogP) is 3.32. The molecule has 28 heavy (non-hydrogen) atoms. The SMILES string of the molecule is COc1ccc(SC)cc1C1=NC2=C3C=NC(C)(C)C(=O)C3CC(=O)C2=N1.Cl. The van der Waals surface area contributed by atoms with Gasteiger partial charge in [-0.1, -0.05) is 0 Å². The molecule has 8 heteroatoms. The van der Waals surface area contributed by atoms with E-state index in [0.29, 0.717) is 28.6 Å². The van der Waals surface area contributed by atoms with Crippen LogP contribution >= 0.6 is 24.2 Å². The molecule has 0 radical (unpaired) electrons. The van der Waals surface area contributed by atoms with Crippen molar-refractivity contribution in [2.75, 3.05) is 13.4 Å². The molecule has 0 bridgehead atoms. The number of ether oxygens (including phenoxy) is 1. The summed E-state index contributed by atoms with van der Waals surface area (Å²) in [6, 6.07) is 5.77. The van der Waals surface area contributed by atoms with Gasteiger partial charge in [-0.15, -0.1) is 24.2 Å². The summed E-state index contributed by atoms with van der Waals surface area (Å²) in [5, 5.41) is 0. The Labute approximate surface area is 173 Å². The lowest BCUT2D eigenvalue weighted by molar-refractivity contribution is -0.128. The Kier molecular flexibility index (Phi) is 5.34. The molecule has 6 nitrogen and oxygen atoms in total. The van der Waals surface area contributed by atoms with Gasteiger partial charge in [0.25, 0.3) is 0 Å². The van der Waals surface area contributed by atoms with E-state index in [1.165, 1.54) is 0 Å². The molecule has 0 amide bonds. The third kappa shape index (κ3) is 3.12. The standard InChI is InChI=1S/C20H19N3O3S.ClH/c1-20(2)18(25)11-8-14(24)17-16(13(11)9-21-20)22-19(23-17)12-7-10(27-4)5-6-15(12)26-3;/h5-7,9,11H,8H2,1-4H3;1H. The van der Waals surface area contributed by atoms with Crippen molar-refractivity contribution in [3.63, 3.8) is 0 Å². The first kappa shape index (κ1) is 20.5. The Morgan fingerprint density at radius 2 is 1.96 bits per heavy atom. The molecule has 0 fully saturated rings. The number of thioether (sulfide) groups is 1. The van der Waals surface area contributed by atoms with Gasteiger partial charge < -0.3 is 4.74 Å². The van der Waals surface area contributed by atoms with Crippen molar-refractivity contribution in [1.29, 1.82) is 0 Å². The van der Waals surface area contributed by atoms with Gasteiger partial charge in [0, 0.05) is 23.1 Å². The van der Waals surface area contributed by atoms with E-state index >= 15 is 0 Å². The first-order chi connectivity index (χ1) is 12.9. The van der Waals surface area contributed by atoms with E-state index < -0.39 is 11.5 Å². The Bertz CT molecular complexity index is 1010. The minimum atomic E-state index is -0.815. The molecular weight excluding hydrogens is 398 g/mol. The maximum Gasteiger partial charge on any atom is 0.184 e. The summed E-state index contributed by atoms with van der Waals surface area (Å²) in [4.78, 5) is 39.9. The minimum Gasteiger partial charge on any atom is -0.496 e. The van der Waals surface area contributed by atoms with Crippen molar-refractivity contribution in [2.24, 2.45) is 20.9 Å². The lowest BCUT2D eigenvalue weighted by atomic mass is 9.74. The van der Waals surface area contributed by atoms with Crippen molar-refractivity contribution in [3.05, 3.63) is 35.0 Å². The van der Waals surface area contributed by atoms with Crippen LogP contribution in [0.1, 0.15) is 25.8 Å². The number of ketones is 2. The second kappa shape index (κ2) is 7.29. The molecule has 0 saturated carbocycles. The van der Waals surface area contributed by atoms with E-state index in [1.54, 1.807) is 38.9 Å². The largest absolute Gasteiger partial charge is 0.496 e. The fraction of sp³-hybridized carbons (Fsp3) is 0.350. The number of amidine groups is 1. The minimum absolute atomic E-state index is 0. The van der Waals surface area contributed by atoms with Crippen LogP contribution in [0, 0.1) is 5.92 Å². The molecule has 0 aromatic heterocycles. The second-order valence-corrected chi connectivity index (χ2v) is 8.01. The quantitative estimate of drug-likeness (QED) is 0.706. The molecule has 2 aliphatic heterocycles. The van der Waals surface area contributed by atoms with E-state index in [9.17, 15) is 9.59 Å². The number of hydrogen-bond donors (Lipinski definition) is 0. The highest BCUT2D eigenvalue weighted by atomic mass is 35.5. The van der Waals surface area contributed by atoms with E-state index in [0.717, 1.165) is 10.5 Å². The van der Waals surface area contributed by atoms with Crippen molar-refractivity contribution < 1.29 is 14.3 Å². The van der Waals surface area contributed by atoms with Crippen molar-refractivity contribution >= 4 is 53.5 Å². The first-order valence-corrected chi connectivity index (χ1v) is 9.85. The molecule has 0 N–H and O–H groups in total. The number of Topliss-reactive ketones (excluding diaryl/α,β-unsaturated/α-hetero) is 2. The van der Waals surface area contributed by atoms with Gasteiger partial charge in [0.2, 0.25) is 0 Å². The number of methoxy groups -OCH3 is 1. The number of carbonyl (C=O) groups excluding carboxylic acids is 2. The molecule has 1 atom stereocenters. The zero-order chi connectivity index (χ0) is 19.3. The first-order valence-electron chi connectivity index (χ1n) is 8.63. The highest BCUT2D eigenvalue weighted by molar-refractivity contribution is 7.98. The van der Waals surface area contributed by atoms with Gasteiger partial charge in [-0.3, -0.25) is 14.6 Å². The number of fused-ring (bicyclic) bond motifs is 2. The van der Waals surface area contributed by atoms with Gasteiger partial charge in [-0.2, -0.15) is 0 Å². The van der Waals surface area contributed by atoms with Crippen LogP contribution in [0.3, 0.4) is 0 Å². The van der Waals surface area contributed by atoms with Gasteiger partial charge in [0.1, 0.15) is 22.7 Å². The van der Waals surface area contributed by atoms with Crippen LogP contribution < -0.4 is 4.74 Å². The van der Waals surface area contributed by atoms with E-state index in [1.807, 2.05) is 24.5 Å². The summed E-state index contributed by atoms with van der Waals surface area (Å²) in [6.45, 7) is 3.53. The van der Waals surface area contributed by atoms with Crippen molar-refractivity contribution in [1.82, 2.24) is 0 Å². The van der Waals surface area contributed by atoms with Gasteiger partial charge >= 0.3 is 0 Å². The lowest BCUT2D eigenvalue weighted by Crippen LogP contribution is -2.44. The van der Waals surface area contributed by atoms with Gasteiger partial charge in [-0.25, -0.2) is 9.98 Å². The van der Waals surface area contributed by atoms with Crippen LogP contribution in [0.4, 0.5) is 0 Å². The summed E-state index contributed by atoms with van der Waals surface area (Å²) < 4.78 is 5.45. The topological polar surface area (TPSA) is 80.5 Å². The molecule has 2 heterocycles. The average molecular weight is 418 g/mol. The summed E-state index contributed by atoms with van der Waals surface area (Å²) in [5.41, 5.74) is 1.38. The third-order valence-corrected chi connectivity index (χ3v) is 5.78. The number of hydrogen-bond acceptors (Lipinski definition) is 7. The Morgan fingerprint density at radius 1 is 1.21 bits per heavy atom. The van der Waals surface area contributed by atoms with E-state index in [2.05, 4.69) is 15.0 Å².